The Hall–Kier alpha value is -0.900. The number of esters is 1. The van der Waals surface area contributed by atoms with Gasteiger partial charge in [-0.25, -0.2) is 0 Å². The van der Waals surface area contributed by atoms with E-state index in [9.17, 15) is 9.90 Å². The summed E-state index contributed by atoms with van der Waals surface area (Å²) in [7, 11) is 0. The molecule has 1 saturated heterocycles. The zero-order valence-corrected chi connectivity index (χ0v) is 7.35. The maximum absolute atomic E-state index is 11.0. The van der Waals surface area contributed by atoms with Crippen molar-refractivity contribution in [3.8, 4) is 0 Å². The number of carbonyl (C=O) groups excluding carboxylic acids is 1. The van der Waals surface area contributed by atoms with Crippen molar-refractivity contribution in [1.29, 1.82) is 0 Å². The normalized spacial score (nSPS) is 43.0. The van der Waals surface area contributed by atoms with E-state index in [1.165, 1.54) is 0 Å². The first kappa shape index (κ1) is 8.69. The minimum Gasteiger partial charge on any atom is -0.462 e. The maximum Gasteiger partial charge on any atom is 0.306 e. The van der Waals surface area contributed by atoms with Crippen LogP contribution in [0.25, 0.3) is 0 Å². The van der Waals surface area contributed by atoms with Gasteiger partial charge in [0.25, 0.3) is 0 Å². The van der Waals surface area contributed by atoms with E-state index >= 15 is 0 Å². The van der Waals surface area contributed by atoms with Crippen LogP contribution in [-0.2, 0) is 9.53 Å². The molecule has 1 aliphatic heterocycles. The SMILES string of the molecule is C=NC[C@@H]1[C@@H]2CC(=O)O[C@@H]2C[C@H]1O. The highest BCUT2D eigenvalue weighted by Crippen LogP contribution is 2.41. The number of hydrogen-bond donors (Lipinski definition) is 1. The van der Waals surface area contributed by atoms with Crippen LogP contribution in [0.5, 0.6) is 0 Å². The standard InChI is InChI=1S/C9H13NO3/c1-10-4-6-5-2-9(12)13-8(5)3-7(6)11/h5-8,11H,1-4H2/t5-,6+,7+,8+/m0/s1. The second-order valence-electron chi connectivity index (χ2n) is 3.77. The minimum atomic E-state index is -0.381. The van der Waals surface area contributed by atoms with E-state index in [0.717, 1.165) is 0 Å². The molecule has 4 atom stereocenters. The fourth-order valence-electron chi connectivity index (χ4n) is 2.38. The monoisotopic (exact) mass is 183 g/mol. The average Bonchev–Trinajstić information content (AvgIpc) is 2.52. The van der Waals surface area contributed by atoms with E-state index < -0.39 is 0 Å². The molecule has 1 aliphatic carbocycles. The number of ether oxygens (including phenoxy) is 1. The molecule has 0 aromatic rings. The number of aliphatic hydroxyl groups is 1. The third-order valence-electron chi connectivity index (χ3n) is 3.02. The van der Waals surface area contributed by atoms with E-state index in [2.05, 4.69) is 11.7 Å². The van der Waals surface area contributed by atoms with Gasteiger partial charge in [0.15, 0.2) is 0 Å². The Morgan fingerprint density at radius 2 is 2.46 bits per heavy atom. The first-order chi connectivity index (χ1) is 6.22. The Bertz CT molecular complexity index is 241. The lowest BCUT2D eigenvalue weighted by Gasteiger charge is -2.15. The molecule has 72 valence electrons. The van der Waals surface area contributed by atoms with Gasteiger partial charge in [-0.3, -0.25) is 4.79 Å². The van der Waals surface area contributed by atoms with E-state index in [4.69, 9.17) is 4.74 Å². The number of aliphatic hydroxyl groups excluding tert-OH is 1. The summed E-state index contributed by atoms with van der Waals surface area (Å²) >= 11 is 0. The highest BCUT2D eigenvalue weighted by atomic mass is 16.6. The molecule has 0 aromatic heterocycles. The molecule has 2 aliphatic rings. The van der Waals surface area contributed by atoms with Gasteiger partial charge < -0.3 is 14.8 Å². The van der Waals surface area contributed by atoms with Crippen molar-refractivity contribution in [1.82, 2.24) is 0 Å². The molecule has 2 rings (SSSR count). The van der Waals surface area contributed by atoms with Crippen LogP contribution < -0.4 is 0 Å². The zero-order valence-electron chi connectivity index (χ0n) is 7.35. The fourth-order valence-corrected chi connectivity index (χ4v) is 2.38. The molecular weight excluding hydrogens is 170 g/mol. The summed E-state index contributed by atoms with van der Waals surface area (Å²) in [6, 6.07) is 0. The molecule has 0 bridgehead atoms. The highest BCUT2D eigenvalue weighted by molar-refractivity contribution is 5.72. The second-order valence-corrected chi connectivity index (χ2v) is 3.77. The first-order valence-corrected chi connectivity index (χ1v) is 4.52. The molecule has 0 amide bonds. The minimum absolute atomic E-state index is 0.0638. The predicted molar refractivity (Wildman–Crippen MR) is 46.5 cm³/mol. The lowest BCUT2D eigenvalue weighted by Crippen LogP contribution is -2.22. The lowest BCUT2D eigenvalue weighted by atomic mass is 9.92. The summed E-state index contributed by atoms with van der Waals surface area (Å²) in [4.78, 5) is 14.7. The van der Waals surface area contributed by atoms with Gasteiger partial charge in [0.2, 0.25) is 0 Å². The number of fused-ring (bicyclic) bond motifs is 1. The Morgan fingerprint density at radius 3 is 3.15 bits per heavy atom. The third kappa shape index (κ3) is 1.35. The van der Waals surface area contributed by atoms with Crippen LogP contribution in [0.4, 0.5) is 0 Å². The van der Waals surface area contributed by atoms with Crippen LogP contribution >= 0.6 is 0 Å². The molecule has 0 unspecified atom stereocenters. The molecule has 1 saturated carbocycles. The van der Waals surface area contributed by atoms with Crippen LogP contribution in [0.1, 0.15) is 12.8 Å². The van der Waals surface area contributed by atoms with Gasteiger partial charge in [-0.15, -0.1) is 0 Å². The third-order valence-corrected chi connectivity index (χ3v) is 3.02. The van der Waals surface area contributed by atoms with Crippen molar-refractivity contribution in [3.63, 3.8) is 0 Å². The summed E-state index contributed by atoms with van der Waals surface area (Å²) in [6.07, 6.45) is 0.543. The molecule has 0 spiro atoms. The van der Waals surface area contributed by atoms with Crippen molar-refractivity contribution in [2.24, 2.45) is 16.8 Å². The topological polar surface area (TPSA) is 58.9 Å². The van der Waals surface area contributed by atoms with Crippen LogP contribution in [0.2, 0.25) is 0 Å². The van der Waals surface area contributed by atoms with Gasteiger partial charge in [0, 0.05) is 24.8 Å². The van der Waals surface area contributed by atoms with Crippen LogP contribution in [0.3, 0.4) is 0 Å². The Kier molecular flexibility index (Phi) is 2.07. The molecule has 1 N–H and O–H groups in total. The number of rotatable bonds is 2. The Labute approximate surface area is 76.6 Å². The van der Waals surface area contributed by atoms with E-state index in [1.807, 2.05) is 0 Å². The molecule has 0 aromatic carbocycles. The fraction of sp³-hybridized carbons (Fsp3) is 0.778. The predicted octanol–water partition coefficient (Wildman–Crippen LogP) is -0.000500. The molecular formula is C9H13NO3. The summed E-state index contributed by atoms with van der Waals surface area (Å²) in [6.45, 7) is 3.93. The Morgan fingerprint density at radius 1 is 1.69 bits per heavy atom. The number of carbonyl (C=O) groups is 1. The van der Waals surface area contributed by atoms with Crippen molar-refractivity contribution in [2.45, 2.75) is 25.0 Å². The largest absolute Gasteiger partial charge is 0.462 e. The molecule has 4 heteroatoms. The van der Waals surface area contributed by atoms with Gasteiger partial charge in [0.1, 0.15) is 6.10 Å². The number of hydrogen-bond acceptors (Lipinski definition) is 4. The molecule has 13 heavy (non-hydrogen) atoms. The molecule has 2 fully saturated rings. The van der Waals surface area contributed by atoms with E-state index in [1.54, 1.807) is 0 Å². The van der Waals surface area contributed by atoms with Crippen LogP contribution in [0, 0.1) is 11.8 Å². The van der Waals surface area contributed by atoms with Crippen molar-refractivity contribution in [2.75, 3.05) is 6.54 Å². The summed E-state index contributed by atoms with van der Waals surface area (Å²) in [5.74, 6) is 0.0814. The van der Waals surface area contributed by atoms with Gasteiger partial charge in [0.05, 0.1) is 12.5 Å². The van der Waals surface area contributed by atoms with Crippen molar-refractivity contribution in [3.05, 3.63) is 0 Å². The van der Waals surface area contributed by atoms with Gasteiger partial charge in [-0.2, -0.15) is 0 Å². The van der Waals surface area contributed by atoms with Crippen LogP contribution in [0.15, 0.2) is 4.99 Å². The zero-order chi connectivity index (χ0) is 9.42. The van der Waals surface area contributed by atoms with Crippen molar-refractivity contribution < 1.29 is 14.6 Å². The summed E-state index contributed by atoms with van der Waals surface area (Å²) in [5, 5.41) is 9.63. The van der Waals surface area contributed by atoms with Crippen LogP contribution in [-0.4, -0.2) is 36.5 Å². The average molecular weight is 183 g/mol. The quantitative estimate of drug-likeness (QED) is 0.484. The lowest BCUT2D eigenvalue weighted by molar-refractivity contribution is -0.141. The molecule has 1 heterocycles. The van der Waals surface area contributed by atoms with E-state index in [0.29, 0.717) is 19.4 Å². The molecule has 4 nitrogen and oxygen atoms in total. The molecule has 0 radical (unpaired) electrons. The second kappa shape index (κ2) is 3.10. The van der Waals surface area contributed by atoms with Gasteiger partial charge >= 0.3 is 5.97 Å². The number of aliphatic imine (C=N–C) groups is 1. The van der Waals surface area contributed by atoms with Gasteiger partial charge in [-0.05, 0) is 6.72 Å². The smallest absolute Gasteiger partial charge is 0.306 e. The van der Waals surface area contributed by atoms with Crippen molar-refractivity contribution >= 4 is 12.7 Å². The van der Waals surface area contributed by atoms with Gasteiger partial charge in [-0.1, -0.05) is 0 Å². The van der Waals surface area contributed by atoms with E-state index in [-0.39, 0.29) is 30.0 Å². The highest BCUT2D eigenvalue weighted by Gasteiger charge is 2.49. The Balaban J connectivity index is 2.09. The first-order valence-electron chi connectivity index (χ1n) is 4.52. The maximum atomic E-state index is 11.0. The summed E-state index contributed by atoms with van der Waals surface area (Å²) < 4.78 is 5.07. The number of nitrogens with zero attached hydrogens (tertiary/aromatic N) is 1. The summed E-state index contributed by atoms with van der Waals surface area (Å²) in [5.41, 5.74) is 0.